The molecule has 2 heterocycles. The Hall–Kier alpha value is -2.22. The van der Waals surface area contributed by atoms with E-state index in [9.17, 15) is 14.4 Å². The summed E-state index contributed by atoms with van der Waals surface area (Å²) in [5.74, 6) is -0.363. The van der Waals surface area contributed by atoms with Gasteiger partial charge in [0.25, 0.3) is 11.5 Å². The molecule has 2 aromatic heterocycles. The number of carbonyl (C=O) groups excluding carboxylic acids is 1. The largest absolute Gasteiger partial charge is 0.325 e. The summed E-state index contributed by atoms with van der Waals surface area (Å²) in [5.41, 5.74) is -1.63. The van der Waals surface area contributed by atoms with Gasteiger partial charge in [0.1, 0.15) is 16.0 Å². The molecular formula is C10H7BrN4O3. The van der Waals surface area contributed by atoms with Crippen molar-refractivity contribution in [2.75, 3.05) is 5.32 Å². The molecule has 0 atom stereocenters. The average Bonchev–Trinajstić information content (AvgIpc) is 2.28. The fraction of sp³-hybridized carbons (Fsp3) is 0. The highest BCUT2D eigenvalue weighted by Gasteiger charge is 2.11. The Morgan fingerprint density at radius 2 is 2.11 bits per heavy atom. The molecule has 18 heavy (non-hydrogen) atoms. The Labute approximate surface area is 108 Å². The fourth-order valence-corrected chi connectivity index (χ4v) is 1.58. The second-order valence-corrected chi connectivity index (χ2v) is 4.10. The molecule has 1 amide bonds. The quantitative estimate of drug-likeness (QED) is 0.701. The molecular weight excluding hydrogens is 304 g/mol. The molecule has 2 aromatic rings. The van der Waals surface area contributed by atoms with Crippen molar-refractivity contribution >= 4 is 27.7 Å². The zero-order chi connectivity index (χ0) is 13.1. The molecule has 0 aliphatic carbocycles. The van der Waals surface area contributed by atoms with Crippen LogP contribution in [0.1, 0.15) is 10.4 Å². The van der Waals surface area contributed by atoms with Crippen LogP contribution in [0.15, 0.2) is 38.6 Å². The van der Waals surface area contributed by atoms with Gasteiger partial charge in [-0.1, -0.05) is 6.07 Å². The predicted molar refractivity (Wildman–Crippen MR) is 67.6 cm³/mol. The summed E-state index contributed by atoms with van der Waals surface area (Å²) in [6, 6.07) is 4.95. The van der Waals surface area contributed by atoms with E-state index in [0.717, 1.165) is 6.20 Å². The number of carbonyl (C=O) groups is 1. The molecule has 0 saturated carbocycles. The number of rotatable bonds is 2. The zero-order valence-corrected chi connectivity index (χ0v) is 10.4. The lowest BCUT2D eigenvalue weighted by Gasteiger charge is -2.03. The molecule has 0 saturated heterocycles. The van der Waals surface area contributed by atoms with E-state index in [1.54, 1.807) is 18.2 Å². The van der Waals surface area contributed by atoms with Crippen molar-refractivity contribution in [2.24, 2.45) is 0 Å². The first-order valence-corrected chi connectivity index (χ1v) is 5.61. The third-order valence-corrected chi connectivity index (χ3v) is 2.46. The summed E-state index contributed by atoms with van der Waals surface area (Å²) in [4.78, 5) is 42.1. The summed E-state index contributed by atoms with van der Waals surface area (Å²) >= 11 is 3.15. The lowest BCUT2D eigenvalue weighted by molar-refractivity contribution is 0.102. The van der Waals surface area contributed by atoms with E-state index in [-0.39, 0.29) is 5.56 Å². The van der Waals surface area contributed by atoms with Crippen LogP contribution in [0.3, 0.4) is 0 Å². The smallest absolute Gasteiger partial charge is 0.313 e. The molecule has 7 nitrogen and oxygen atoms in total. The number of aromatic nitrogens is 3. The maximum Gasteiger partial charge on any atom is 0.325 e. The molecule has 0 unspecified atom stereocenters. The van der Waals surface area contributed by atoms with E-state index in [1.165, 1.54) is 0 Å². The molecule has 0 radical (unpaired) electrons. The number of hydrogen-bond acceptors (Lipinski definition) is 4. The van der Waals surface area contributed by atoms with Gasteiger partial charge in [0.15, 0.2) is 0 Å². The van der Waals surface area contributed by atoms with E-state index in [1.807, 2.05) is 4.98 Å². The van der Waals surface area contributed by atoms with Gasteiger partial charge in [0.05, 0.1) is 0 Å². The molecule has 3 N–H and O–H groups in total. The van der Waals surface area contributed by atoms with Crippen molar-refractivity contribution < 1.29 is 4.79 Å². The molecule has 0 aliphatic heterocycles. The van der Waals surface area contributed by atoms with Gasteiger partial charge >= 0.3 is 5.69 Å². The number of nitrogens with zero attached hydrogens (tertiary/aromatic N) is 1. The fourth-order valence-electron chi connectivity index (χ4n) is 1.24. The van der Waals surface area contributed by atoms with Crippen LogP contribution in [0.25, 0.3) is 0 Å². The van der Waals surface area contributed by atoms with Gasteiger partial charge in [0, 0.05) is 6.20 Å². The number of halogens is 1. The van der Waals surface area contributed by atoms with E-state index < -0.39 is 17.2 Å². The molecule has 8 heteroatoms. The maximum atomic E-state index is 11.7. The van der Waals surface area contributed by atoms with Crippen molar-refractivity contribution in [3.63, 3.8) is 0 Å². The third-order valence-electron chi connectivity index (χ3n) is 2.02. The first-order valence-electron chi connectivity index (χ1n) is 4.82. The highest BCUT2D eigenvalue weighted by atomic mass is 79.9. The number of nitrogens with one attached hydrogen (secondary N) is 3. The summed E-state index contributed by atoms with van der Waals surface area (Å²) in [6.45, 7) is 0. The topological polar surface area (TPSA) is 108 Å². The minimum atomic E-state index is -0.758. The van der Waals surface area contributed by atoms with Gasteiger partial charge in [0.2, 0.25) is 0 Å². The van der Waals surface area contributed by atoms with Gasteiger partial charge in [-0.05, 0) is 28.1 Å². The maximum absolute atomic E-state index is 11.7. The second kappa shape index (κ2) is 4.96. The van der Waals surface area contributed by atoms with Crippen molar-refractivity contribution in [1.29, 1.82) is 0 Å². The Balaban J connectivity index is 2.27. The lowest BCUT2D eigenvalue weighted by atomic mass is 10.3. The summed E-state index contributed by atoms with van der Waals surface area (Å²) in [7, 11) is 0. The zero-order valence-electron chi connectivity index (χ0n) is 8.86. The predicted octanol–water partition coefficient (Wildman–Crippen LogP) is 0.473. The van der Waals surface area contributed by atoms with Crippen LogP contribution in [0.5, 0.6) is 0 Å². The molecule has 92 valence electrons. The van der Waals surface area contributed by atoms with Crippen LogP contribution in [-0.2, 0) is 0 Å². The van der Waals surface area contributed by atoms with E-state index >= 15 is 0 Å². The average molecular weight is 311 g/mol. The molecule has 0 bridgehead atoms. The molecule has 2 rings (SSSR count). The highest BCUT2D eigenvalue weighted by molar-refractivity contribution is 9.10. The van der Waals surface area contributed by atoms with Crippen LogP contribution in [-0.4, -0.2) is 20.9 Å². The molecule has 0 spiro atoms. The number of amides is 1. The Morgan fingerprint density at radius 1 is 1.33 bits per heavy atom. The third kappa shape index (κ3) is 2.72. The highest BCUT2D eigenvalue weighted by Crippen LogP contribution is 2.10. The van der Waals surface area contributed by atoms with Crippen molar-refractivity contribution in [2.45, 2.75) is 0 Å². The lowest BCUT2D eigenvalue weighted by Crippen LogP contribution is -2.29. The molecule has 0 aromatic carbocycles. The standard InChI is InChI=1S/C10H7BrN4O3/c11-6-2-1-3-7(13-6)14-8(16)5-4-12-10(18)15-9(5)17/h1-4H,(H,13,14,16)(H2,12,15,17,18). The van der Waals surface area contributed by atoms with E-state index in [0.29, 0.717) is 10.4 Å². The Bertz CT molecular complexity index is 707. The molecule has 0 aliphatic rings. The summed E-state index contributed by atoms with van der Waals surface area (Å²) in [6.07, 6.45) is 1.05. The van der Waals surface area contributed by atoms with Crippen LogP contribution in [0, 0.1) is 0 Å². The first kappa shape index (κ1) is 12.2. The Kier molecular flexibility index (Phi) is 3.38. The van der Waals surface area contributed by atoms with Crippen LogP contribution < -0.4 is 16.6 Å². The van der Waals surface area contributed by atoms with Gasteiger partial charge in [-0.2, -0.15) is 0 Å². The van der Waals surface area contributed by atoms with Crippen LogP contribution >= 0.6 is 15.9 Å². The van der Waals surface area contributed by atoms with E-state index in [4.69, 9.17) is 0 Å². The van der Waals surface area contributed by atoms with Gasteiger partial charge < -0.3 is 10.3 Å². The number of aromatic amines is 2. The SMILES string of the molecule is O=C(Nc1cccc(Br)n1)c1c[nH]c(=O)[nH]c1=O. The number of hydrogen-bond donors (Lipinski definition) is 3. The second-order valence-electron chi connectivity index (χ2n) is 3.29. The minimum Gasteiger partial charge on any atom is -0.313 e. The van der Waals surface area contributed by atoms with E-state index in [2.05, 4.69) is 31.2 Å². The van der Waals surface area contributed by atoms with Gasteiger partial charge in [-0.3, -0.25) is 14.6 Å². The van der Waals surface area contributed by atoms with Crippen LogP contribution in [0.2, 0.25) is 0 Å². The van der Waals surface area contributed by atoms with Crippen molar-refractivity contribution in [3.05, 3.63) is 55.4 Å². The van der Waals surface area contributed by atoms with Gasteiger partial charge in [-0.25, -0.2) is 9.78 Å². The summed E-state index contributed by atoms with van der Waals surface area (Å²) in [5, 5.41) is 2.44. The monoisotopic (exact) mass is 310 g/mol. The van der Waals surface area contributed by atoms with Crippen molar-refractivity contribution in [1.82, 2.24) is 15.0 Å². The Morgan fingerprint density at radius 3 is 2.78 bits per heavy atom. The van der Waals surface area contributed by atoms with Crippen molar-refractivity contribution in [3.8, 4) is 0 Å². The molecule has 0 fully saturated rings. The normalized spacial score (nSPS) is 10.1. The first-order chi connectivity index (χ1) is 8.56. The van der Waals surface area contributed by atoms with Crippen LogP contribution in [0.4, 0.5) is 5.82 Å². The van der Waals surface area contributed by atoms with Gasteiger partial charge in [-0.15, -0.1) is 0 Å². The summed E-state index contributed by atoms with van der Waals surface area (Å²) < 4.78 is 0.552. The number of pyridine rings is 1. The minimum absolute atomic E-state index is 0.198. The number of H-pyrrole nitrogens is 2. The number of anilines is 1.